The molecule has 5 heteroatoms. The summed E-state index contributed by atoms with van der Waals surface area (Å²) in [6, 6.07) is 12.1. The number of benzene rings is 2. The lowest BCUT2D eigenvalue weighted by Crippen LogP contribution is -3.12. The molecular weight excluding hydrogens is 366 g/mol. The summed E-state index contributed by atoms with van der Waals surface area (Å²) in [7, 11) is 0. The standard InChI is InChI=1S/C23H29N3OS/c1-6-25(7-2)12-13-26(22(27)19-10-8-16(3)9-11-19)23-24-20-14-17(4)18(5)15-21(20)28-23/h8-11,14-15H,6-7,12-13H2,1-5H3/p+1. The fourth-order valence-corrected chi connectivity index (χ4v) is 4.36. The second kappa shape index (κ2) is 8.84. The van der Waals surface area contributed by atoms with E-state index in [1.54, 1.807) is 11.3 Å². The van der Waals surface area contributed by atoms with Gasteiger partial charge >= 0.3 is 0 Å². The Kier molecular flexibility index (Phi) is 6.47. The Morgan fingerprint density at radius 3 is 2.32 bits per heavy atom. The van der Waals surface area contributed by atoms with Gasteiger partial charge in [0.15, 0.2) is 5.13 Å². The molecule has 4 nitrogen and oxygen atoms in total. The summed E-state index contributed by atoms with van der Waals surface area (Å²) in [5.74, 6) is 0.0269. The predicted octanol–water partition coefficient (Wildman–Crippen LogP) is 3.79. The number of quaternary nitrogens is 1. The number of carbonyl (C=O) groups is 1. The zero-order chi connectivity index (χ0) is 20.3. The lowest BCUT2D eigenvalue weighted by molar-refractivity contribution is -0.894. The highest BCUT2D eigenvalue weighted by Crippen LogP contribution is 2.31. The monoisotopic (exact) mass is 396 g/mol. The summed E-state index contributed by atoms with van der Waals surface area (Å²) >= 11 is 1.61. The van der Waals surface area contributed by atoms with Gasteiger partial charge < -0.3 is 4.90 Å². The summed E-state index contributed by atoms with van der Waals surface area (Å²) in [5, 5.41) is 0.789. The molecule has 0 saturated carbocycles. The topological polar surface area (TPSA) is 37.6 Å². The van der Waals surface area contributed by atoms with Crippen molar-refractivity contribution in [2.45, 2.75) is 34.6 Å². The molecule has 0 aliphatic carbocycles. The molecule has 0 saturated heterocycles. The molecule has 2 aromatic carbocycles. The summed E-state index contributed by atoms with van der Waals surface area (Å²) in [4.78, 5) is 21.5. The number of aromatic nitrogens is 1. The molecule has 3 aromatic rings. The zero-order valence-electron chi connectivity index (χ0n) is 17.5. The molecule has 0 aliphatic rings. The Bertz CT molecular complexity index is 919. The number of amides is 1. The second-order valence-corrected chi connectivity index (χ2v) is 8.44. The quantitative estimate of drug-likeness (QED) is 0.660. The fraction of sp³-hybridized carbons (Fsp3) is 0.391. The van der Waals surface area contributed by atoms with Crippen LogP contribution in [-0.2, 0) is 0 Å². The van der Waals surface area contributed by atoms with Crippen LogP contribution in [0, 0.1) is 20.8 Å². The Labute approximate surface area is 171 Å². The fourth-order valence-electron chi connectivity index (χ4n) is 3.29. The van der Waals surface area contributed by atoms with Crippen molar-refractivity contribution in [1.29, 1.82) is 0 Å². The van der Waals surface area contributed by atoms with E-state index in [2.05, 4.69) is 39.8 Å². The van der Waals surface area contributed by atoms with Gasteiger partial charge in [-0.1, -0.05) is 29.0 Å². The molecule has 0 aliphatic heterocycles. The number of carbonyl (C=O) groups excluding carboxylic acids is 1. The highest BCUT2D eigenvalue weighted by molar-refractivity contribution is 7.22. The largest absolute Gasteiger partial charge is 0.334 e. The van der Waals surface area contributed by atoms with Crippen molar-refractivity contribution in [3.8, 4) is 0 Å². The van der Waals surface area contributed by atoms with Crippen molar-refractivity contribution in [3.05, 3.63) is 58.7 Å². The average molecular weight is 397 g/mol. The van der Waals surface area contributed by atoms with Crippen LogP contribution in [0.3, 0.4) is 0 Å². The molecule has 148 valence electrons. The SMILES string of the molecule is CC[NH+](CC)CCN(C(=O)c1ccc(C)cc1)c1nc2cc(C)c(C)cc2s1. The van der Waals surface area contributed by atoms with Gasteiger partial charge in [0.05, 0.1) is 36.4 Å². The molecule has 1 amide bonds. The van der Waals surface area contributed by atoms with Gasteiger partial charge in [-0.15, -0.1) is 0 Å². The van der Waals surface area contributed by atoms with Gasteiger partial charge in [0, 0.05) is 5.56 Å². The Hall–Kier alpha value is -2.24. The van der Waals surface area contributed by atoms with E-state index in [0.29, 0.717) is 12.1 Å². The summed E-state index contributed by atoms with van der Waals surface area (Å²) in [6.45, 7) is 14.3. The molecular formula is C23H30N3OS+. The smallest absolute Gasteiger partial charge is 0.260 e. The minimum Gasteiger partial charge on any atom is -0.334 e. The van der Waals surface area contributed by atoms with E-state index in [1.165, 1.54) is 16.0 Å². The normalized spacial score (nSPS) is 11.4. The van der Waals surface area contributed by atoms with E-state index < -0.39 is 0 Å². The van der Waals surface area contributed by atoms with Crippen LogP contribution < -0.4 is 9.80 Å². The van der Waals surface area contributed by atoms with E-state index in [0.717, 1.165) is 40.5 Å². The van der Waals surface area contributed by atoms with Crippen molar-refractivity contribution >= 4 is 32.6 Å². The number of thiazole rings is 1. The molecule has 1 N–H and O–H groups in total. The highest BCUT2D eigenvalue weighted by Gasteiger charge is 2.23. The Balaban J connectivity index is 1.97. The summed E-state index contributed by atoms with van der Waals surface area (Å²) in [5.41, 5.74) is 5.33. The molecule has 28 heavy (non-hydrogen) atoms. The molecule has 3 rings (SSSR count). The number of nitrogens with zero attached hydrogens (tertiary/aromatic N) is 2. The van der Waals surface area contributed by atoms with Crippen LogP contribution in [-0.4, -0.2) is 37.1 Å². The molecule has 1 heterocycles. The number of hydrogen-bond acceptors (Lipinski definition) is 3. The van der Waals surface area contributed by atoms with Gasteiger partial charge in [-0.2, -0.15) is 0 Å². The third-order valence-electron chi connectivity index (χ3n) is 5.46. The molecule has 0 bridgehead atoms. The van der Waals surface area contributed by atoms with Gasteiger partial charge in [0.25, 0.3) is 5.91 Å². The third-order valence-corrected chi connectivity index (χ3v) is 6.50. The van der Waals surface area contributed by atoms with Crippen LogP contribution in [0.1, 0.15) is 40.9 Å². The first-order valence-electron chi connectivity index (χ1n) is 10.0. The summed E-state index contributed by atoms with van der Waals surface area (Å²) in [6.07, 6.45) is 0. The molecule has 1 aromatic heterocycles. The first-order chi connectivity index (χ1) is 13.4. The molecule has 0 radical (unpaired) electrons. The van der Waals surface area contributed by atoms with Crippen LogP contribution >= 0.6 is 11.3 Å². The third kappa shape index (κ3) is 4.42. The molecule has 0 atom stereocenters. The van der Waals surface area contributed by atoms with Crippen LogP contribution in [0.4, 0.5) is 5.13 Å². The van der Waals surface area contributed by atoms with Gasteiger partial charge in [0.2, 0.25) is 0 Å². The van der Waals surface area contributed by atoms with Gasteiger partial charge in [0.1, 0.15) is 0 Å². The van der Waals surface area contributed by atoms with Crippen molar-refractivity contribution in [2.24, 2.45) is 0 Å². The average Bonchev–Trinajstić information content (AvgIpc) is 3.08. The maximum atomic E-state index is 13.3. The van der Waals surface area contributed by atoms with Crippen molar-refractivity contribution in [1.82, 2.24) is 4.98 Å². The lowest BCUT2D eigenvalue weighted by atomic mass is 10.1. The van der Waals surface area contributed by atoms with Gasteiger partial charge in [-0.05, 0) is 70.0 Å². The Morgan fingerprint density at radius 1 is 1.04 bits per heavy atom. The first-order valence-corrected chi connectivity index (χ1v) is 10.8. The van der Waals surface area contributed by atoms with Gasteiger partial charge in [-0.3, -0.25) is 9.69 Å². The molecule has 0 fully saturated rings. The van der Waals surface area contributed by atoms with Crippen molar-refractivity contribution in [3.63, 3.8) is 0 Å². The van der Waals surface area contributed by atoms with Crippen molar-refractivity contribution in [2.75, 3.05) is 31.1 Å². The van der Waals surface area contributed by atoms with Crippen LogP contribution in [0.5, 0.6) is 0 Å². The number of rotatable bonds is 7. The number of hydrogen-bond donors (Lipinski definition) is 1. The van der Waals surface area contributed by atoms with Crippen LogP contribution in [0.2, 0.25) is 0 Å². The maximum Gasteiger partial charge on any atom is 0.260 e. The first kappa shape index (κ1) is 20.5. The van der Waals surface area contributed by atoms with Crippen LogP contribution in [0.15, 0.2) is 36.4 Å². The predicted molar refractivity (Wildman–Crippen MR) is 119 cm³/mol. The molecule has 0 unspecified atom stereocenters. The number of anilines is 1. The minimum absolute atomic E-state index is 0.0269. The van der Waals surface area contributed by atoms with E-state index in [-0.39, 0.29) is 5.91 Å². The van der Waals surface area contributed by atoms with Crippen molar-refractivity contribution < 1.29 is 9.69 Å². The van der Waals surface area contributed by atoms with E-state index in [4.69, 9.17) is 4.98 Å². The zero-order valence-corrected chi connectivity index (χ0v) is 18.3. The van der Waals surface area contributed by atoms with Crippen LogP contribution in [0.25, 0.3) is 10.2 Å². The lowest BCUT2D eigenvalue weighted by Gasteiger charge is -2.23. The van der Waals surface area contributed by atoms with E-state index >= 15 is 0 Å². The number of aryl methyl sites for hydroxylation is 3. The van der Waals surface area contributed by atoms with Gasteiger partial charge in [-0.25, -0.2) is 4.98 Å². The number of nitrogens with one attached hydrogen (secondary N) is 1. The summed E-state index contributed by atoms with van der Waals surface area (Å²) < 4.78 is 1.13. The van der Waals surface area contributed by atoms with E-state index in [1.807, 2.05) is 36.1 Å². The second-order valence-electron chi connectivity index (χ2n) is 7.43. The minimum atomic E-state index is 0.0269. The van der Waals surface area contributed by atoms with E-state index in [9.17, 15) is 4.79 Å². The number of fused-ring (bicyclic) bond motifs is 1. The molecule has 0 spiro atoms. The highest BCUT2D eigenvalue weighted by atomic mass is 32.1. The number of likely N-dealkylation sites (N-methyl/N-ethyl adjacent to an activating group) is 1. The Morgan fingerprint density at radius 2 is 1.68 bits per heavy atom. The maximum absolute atomic E-state index is 13.3.